The lowest BCUT2D eigenvalue weighted by molar-refractivity contribution is 1.00. The second-order valence-corrected chi connectivity index (χ2v) is 5.19. The Hall–Kier alpha value is -2.43. The van der Waals surface area contributed by atoms with Crippen molar-refractivity contribution < 1.29 is 0 Å². The molecule has 1 aliphatic heterocycles. The van der Waals surface area contributed by atoms with Gasteiger partial charge in [-0.05, 0) is 35.9 Å². The molecule has 1 atom stereocenters. The maximum absolute atomic E-state index is 6.39. The van der Waals surface area contributed by atoms with Crippen LogP contribution in [0.1, 0.15) is 5.56 Å². The predicted molar refractivity (Wildman–Crippen MR) is 90.2 cm³/mol. The summed E-state index contributed by atoms with van der Waals surface area (Å²) in [6.45, 7) is 0. The quantitative estimate of drug-likeness (QED) is 0.437. The van der Waals surface area contributed by atoms with Gasteiger partial charge in [-0.2, -0.15) is 0 Å². The number of terminal acetylenes is 1. The summed E-state index contributed by atoms with van der Waals surface area (Å²) < 4.78 is 0. The minimum atomic E-state index is -0.180. The Labute approximate surface area is 130 Å². The Kier molecular flexibility index (Phi) is 3.81. The second-order valence-electron chi connectivity index (χ2n) is 4.75. The van der Waals surface area contributed by atoms with Gasteiger partial charge in [0.2, 0.25) is 0 Å². The van der Waals surface area contributed by atoms with Gasteiger partial charge in [-0.3, -0.25) is 0 Å². The third-order valence-electron chi connectivity index (χ3n) is 3.44. The number of halogens is 1. The van der Waals surface area contributed by atoms with E-state index in [1.54, 1.807) is 0 Å². The third kappa shape index (κ3) is 2.72. The van der Waals surface area contributed by atoms with E-state index in [0.29, 0.717) is 0 Å². The van der Waals surface area contributed by atoms with Crippen molar-refractivity contribution in [3.63, 3.8) is 0 Å². The van der Waals surface area contributed by atoms with Crippen LogP contribution < -0.4 is 4.90 Å². The lowest BCUT2D eigenvalue weighted by Crippen LogP contribution is -2.25. The van der Waals surface area contributed by atoms with E-state index in [4.69, 9.17) is 18.0 Å². The first-order valence-corrected chi connectivity index (χ1v) is 7.17. The average Bonchev–Trinajstić information content (AvgIpc) is 2.55. The molecule has 1 heterocycles. The molecule has 0 radical (unpaired) electrons. The summed E-state index contributed by atoms with van der Waals surface area (Å²) in [5, 5.41) is 0. The van der Waals surface area contributed by atoms with E-state index >= 15 is 0 Å². The fourth-order valence-corrected chi connectivity index (χ4v) is 2.63. The summed E-state index contributed by atoms with van der Waals surface area (Å²) >= 11 is 6.39. The molecule has 3 rings (SSSR count). The molecule has 102 valence electrons. The van der Waals surface area contributed by atoms with E-state index in [9.17, 15) is 0 Å². The topological polar surface area (TPSA) is 3.24 Å². The first-order chi connectivity index (χ1) is 10.3. The molecule has 0 spiro atoms. The van der Waals surface area contributed by atoms with Crippen molar-refractivity contribution in [2.24, 2.45) is 0 Å². The first-order valence-electron chi connectivity index (χ1n) is 6.73. The molecule has 2 heteroatoms. The van der Waals surface area contributed by atoms with Crippen LogP contribution in [0.4, 0.5) is 5.69 Å². The normalized spacial score (nSPS) is 16.8. The summed E-state index contributed by atoms with van der Waals surface area (Å²) in [5.74, 6) is 2.64. The highest BCUT2D eigenvalue weighted by molar-refractivity contribution is 6.23. The van der Waals surface area contributed by atoms with E-state index in [1.807, 2.05) is 65.7 Å². The molecule has 0 aromatic heterocycles. The summed E-state index contributed by atoms with van der Waals surface area (Å²) in [4.78, 5) is 2.05. The highest BCUT2D eigenvalue weighted by atomic mass is 35.5. The van der Waals surface area contributed by atoms with Gasteiger partial charge >= 0.3 is 0 Å². The summed E-state index contributed by atoms with van der Waals surface area (Å²) in [5.41, 5.74) is 4.03. The van der Waals surface area contributed by atoms with E-state index in [0.717, 1.165) is 22.4 Å². The predicted octanol–water partition coefficient (Wildman–Crippen LogP) is 4.79. The number of hydrogen-bond donors (Lipinski definition) is 0. The van der Waals surface area contributed by atoms with Gasteiger partial charge in [0.1, 0.15) is 5.50 Å². The molecule has 2 aromatic carbocycles. The minimum Gasteiger partial charge on any atom is -0.327 e. The Bertz CT molecular complexity index is 735. The first kappa shape index (κ1) is 13.5. The van der Waals surface area contributed by atoms with Crippen molar-refractivity contribution in [3.8, 4) is 23.5 Å². The zero-order valence-electron chi connectivity index (χ0n) is 11.4. The average molecular weight is 292 g/mol. The Morgan fingerprint density at radius 3 is 2.48 bits per heavy atom. The molecule has 0 fully saturated rings. The van der Waals surface area contributed by atoms with Crippen LogP contribution in [-0.4, -0.2) is 5.50 Å². The minimum absolute atomic E-state index is 0.180. The number of para-hydroxylation sites is 1. The highest BCUT2D eigenvalue weighted by Crippen LogP contribution is 2.34. The summed E-state index contributed by atoms with van der Waals surface area (Å²) in [6.07, 6.45) is 13.3. The molecule has 0 saturated heterocycles. The molecule has 0 amide bonds. The van der Waals surface area contributed by atoms with Crippen LogP contribution in [0.15, 0.2) is 73.0 Å². The van der Waals surface area contributed by atoms with Crippen molar-refractivity contribution in [2.45, 2.75) is 5.50 Å². The molecule has 0 aliphatic carbocycles. The molecule has 2 aromatic rings. The highest BCUT2D eigenvalue weighted by Gasteiger charge is 2.16. The fourth-order valence-electron chi connectivity index (χ4n) is 2.38. The van der Waals surface area contributed by atoms with Gasteiger partial charge in [-0.25, -0.2) is 0 Å². The van der Waals surface area contributed by atoms with E-state index < -0.39 is 0 Å². The SMILES string of the molecule is C#Cc1ccc(-c2ccccc2N2C=CC=CC2Cl)cc1. The number of benzene rings is 2. The lowest BCUT2D eigenvalue weighted by atomic mass is 10.0. The van der Waals surface area contributed by atoms with Gasteiger partial charge < -0.3 is 4.90 Å². The van der Waals surface area contributed by atoms with Gasteiger partial charge in [0.15, 0.2) is 0 Å². The van der Waals surface area contributed by atoms with Crippen LogP contribution >= 0.6 is 11.6 Å². The van der Waals surface area contributed by atoms with E-state index in [2.05, 4.69) is 18.1 Å². The number of nitrogens with zero attached hydrogens (tertiary/aromatic N) is 1. The van der Waals surface area contributed by atoms with Gasteiger partial charge in [-0.15, -0.1) is 6.42 Å². The van der Waals surface area contributed by atoms with Crippen molar-refractivity contribution in [1.82, 2.24) is 0 Å². The Balaban J connectivity index is 2.05. The van der Waals surface area contributed by atoms with E-state index in [-0.39, 0.29) is 5.50 Å². The molecule has 21 heavy (non-hydrogen) atoms. The number of anilines is 1. The largest absolute Gasteiger partial charge is 0.327 e. The van der Waals surface area contributed by atoms with Crippen LogP contribution in [-0.2, 0) is 0 Å². The van der Waals surface area contributed by atoms with Crippen molar-refractivity contribution in [3.05, 3.63) is 78.5 Å². The molecule has 0 bridgehead atoms. The van der Waals surface area contributed by atoms with Crippen LogP contribution in [0.5, 0.6) is 0 Å². The number of rotatable bonds is 2. The van der Waals surface area contributed by atoms with Gasteiger partial charge in [0.05, 0.1) is 5.69 Å². The zero-order chi connectivity index (χ0) is 14.7. The monoisotopic (exact) mass is 291 g/mol. The molecule has 1 nitrogen and oxygen atoms in total. The maximum atomic E-state index is 6.39. The number of alkyl halides is 1. The molecule has 1 unspecified atom stereocenters. The van der Waals surface area contributed by atoms with Crippen LogP contribution in [0.2, 0.25) is 0 Å². The van der Waals surface area contributed by atoms with Crippen LogP contribution in [0.3, 0.4) is 0 Å². The molecule has 0 saturated carbocycles. The van der Waals surface area contributed by atoms with Gasteiger partial charge in [-0.1, -0.05) is 53.9 Å². The lowest BCUT2D eigenvalue weighted by Gasteiger charge is -2.28. The second kappa shape index (κ2) is 5.91. The Morgan fingerprint density at radius 1 is 1.00 bits per heavy atom. The van der Waals surface area contributed by atoms with Gasteiger partial charge in [0, 0.05) is 17.3 Å². The van der Waals surface area contributed by atoms with Gasteiger partial charge in [0.25, 0.3) is 0 Å². The van der Waals surface area contributed by atoms with Crippen molar-refractivity contribution >= 4 is 17.3 Å². The van der Waals surface area contributed by atoms with Crippen LogP contribution in [0, 0.1) is 12.3 Å². The zero-order valence-corrected chi connectivity index (χ0v) is 12.2. The number of hydrogen-bond acceptors (Lipinski definition) is 1. The summed E-state index contributed by atoms with van der Waals surface area (Å²) in [6, 6.07) is 16.2. The smallest absolute Gasteiger partial charge is 0.127 e. The molecular weight excluding hydrogens is 278 g/mol. The maximum Gasteiger partial charge on any atom is 0.127 e. The third-order valence-corrected chi connectivity index (χ3v) is 3.79. The Morgan fingerprint density at radius 2 is 1.76 bits per heavy atom. The molecule has 1 aliphatic rings. The standard InChI is InChI=1S/C19H14ClN/c1-2-15-10-12-16(13-11-15)17-7-3-4-8-18(17)21-14-6-5-9-19(21)20/h1,3-14,19H. The summed E-state index contributed by atoms with van der Waals surface area (Å²) in [7, 11) is 0. The molecule has 0 N–H and O–H groups in total. The van der Waals surface area contributed by atoms with Crippen LogP contribution in [0.25, 0.3) is 11.1 Å². The number of allylic oxidation sites excluding steroid dienone is 2. The van der Waals surface area contributed by atoms with Crippen molar-refractivity contribution in [1.29, 1.82) is 0 Å². The van der Waals surface area contributed by atoms with E-state index in [1.165, 1.54) is 0 Å². The van der Waals surface area contributed by atoms with Crippen molar-refractivity contribution in [2.75, 3.05) is 4.90 Å². The molecular formula is C19H14ClN. The fraction of sp³-hybridized carbons (Fsp3) is 0.0526.